The van der Waals surface area contributed by atoms with Crippen LogP contribution < -0.4 is 5.48 Å². The summed E-state index contributed by atoms with van der Waals surface area (Å²) < 4.78 is 0. The number of allylic oxidation sites excluding steroid dienone is 3. The SMILES string of the molecule is CC(=C(\C)C1CC1)/C(Cl)=C\NO. The van der Waals surface area contributed by atoms with E-state index in [1.807, 2.05) is 12.4 Å². The summed E-state index contributed by atoms with van der Waals surface area (Å²) in [5.74, 6) is 0.728. The smallest absolute Gasteiger partial charge is 0.0615 e. The van der Waals surface area contributed by atoms with Gasteiger partial charge in [-0.3, -0.25) is 10.7 Å². The monoisotopic (exact) mass is 187 g/mol. The summed E-state index contributed by atoms with van der Waals surface area (Å²) in [5, 5.41) is 8.97. The second-order valence-corrected chi connectivity index (χ2v) is 3.61. The van der Waals surface area contributed by atoms with Crippen LogP contribution >= 0.6 is 11.6 Å². The van der Waals surface area contributed by atoms with Gasteiger partial charge in [0.1, 0.15) is 0 Å². The van der Waals surface area contributed by atoms with Crippen LogP contribution in [0.15, 0.2) is 22.4 Å². The van der Waals surface area contributed by atoms with Crippen molar-refractivity contribution in [3.05, 3.63) is 22.4 Å². The highest BCUT2D eigenvalue weighted by Gasteiger charge is 2.24. The fourth-order valence-electron chi connectivity index (χ4n) is 1.18. The molecule has 0 atom stereocenters. The zero-order valence-corrected chi connectivity index (χ0v) is 8.15. The van der Waals surface area contributed by atoms with Crippen molar-refractivity contribution < 1.29 is 5.21 Å². The fraction of sp³-hybridized carbons (Fsp3) is 0.556. The second-order valence-electron chi connectivity index (χ2n) is 3.20. The van der Waals surface area contributed by atoms with Crippen LogP contribution in [0.3, 0.4) is 0 Å². The minimum atomic E-state index is 0.585. The molecule has 1 saturated carbocycles. The lowest BCUT2D eigenvalue weighted by atomic mass is 10.1. The third-order valence-corrected chi connectivity index (χ3v) is 2.72. The van der Waals surface area contributed by atoms with Gasteiger partial charge in [0, 0.05) is 6.20 Å². The molecule has 0 aliphatic heterocycles. The number of halogens is 1. The fourth-order valence-corrected chi connectivity index (χ4v) is 1.37. The number of hydroxylamine groups is 1. The molecule has 1 rings (SSSR count). The summed E-state index contributed by atoms with van der Waals surface area (Å²) in [5.41, 5.74) is 4.34. The largest absolute Gasteiger partial charge is 0.292 e. The molecule has 0 aromatic heterocycles. The summed E-state index contributed by atoms with van der Waals surface area (Å²) >= 11 is 5.88. The maximum absolute atomic E-state index is 8.39. The molecule has 68 valence electrons. The Bertz CT molecular complexity index is 229. The number of hydrogen-bond donors (Lipinski definition) is 2. The van der Waals surface area contributed by atoms with Gasteiger partial charge < -0.3 is 0 Å². The van der Waals surface area contributed by atoms with Crippen molar-refractivity contribution in [3.8, 4) is 0 Å². The molecule has 2 N–H and O–H groups in total. The second kappa shape index (κ2) is 3.97. The summed E-state index contributed by atoms with van der Waals surface area (Å²) in [7, 11) is 0. The standard InChI is InChI=1S/C9H14ClNO/c1-6(8-3-4-8)7(2)9(10)5-11-12/h5,8,11-12H,3-4H2,1-2H3/b7-6-,9-5+. The molecule has 0 saturated heterocycles. The number of rotatable bonds is 3. The first-order valence-corrected chi connectivity index (χ1v) is 4.47. The molecule has 0 spiro atoms. The van der Waals surface area contributed by atoms with Crippen molar-refractivity contribution in [2.45, 2.75) is 26.7 Å². The van der Waals surface area contributed by atoms with Crippen molar-refractivity contribution in [2.24, 2.45) is 5.92 Å². The molecular formula is C9H14ClNO. The van der Waals surface area contributed by atoms with Crippen molar-refractivity contribution in [3.63, 3.8) is 0 Å². The molecule has 12 heavy (non-hydrogen) atoms. The normalized spacial score (nSPS) is 20.5. The number of hydrogen-bond acceptors (Lipinski definition) is 2. The molecule has 0 unspecified atom stereocenters. The minimum Gasteiger partial charge on any atom is -0.292 e. The highest BCUT2D eigenvalue weighted by atomic mass is 35.5. The van der Waals surface area contributed by atoms with Crippen LogP contribution in [0.1, 0.15) is 26.7 Å². The molecule has 2 nitrogen and oxygen atoms in total. The summed E-state index contributed by atoms with van der Waals surface area (Å²) in [6.07, 6.45) is 3.95. The van der Waals surface area contributed by atoms with Crippen LogP contribution in [-0.4, -0.2) is 5.21 Å². The van der Waals surface area contributed by atoms with E-state index in [0.29, 0.717) is 5.03 Å². The highest BCUT2D eigenvalue weighted by Crippen LogP contribution is 2.39. The third kappa shape index (κ3) is 2.26. The Morgan fingerprint density at radius 3 is 2.50 bits per heavy atom. The van der Waals surface area contributed by atoms with Gasteiger partial charge in [-0.05, 0) is 38.2 Å². The van der Waals surface area contributed by atoms with Crippen LogP contribution in [0.25, 0.3) is 0 Å². The van der Waals surface area contributed by atoms with Gasteiger partial charge in [0.15, 0.2) is 0 Å². The maximum Gasteiger partial charge on any atom is 0.0615 e. The number of nitrogens with one attached hydrogen (secondary N) is 1. The molecule has 0 bridgehead atoms. The summed E-state index contributed by atoms with van der Waals surface area (Å²) in [6, 6.07) is 0. The zero-order chi connectivity index (χ0) is 9.14. The Kier molecular flexibility index (Phi) is 3.18. The average molecular weight is 188 g/mol. The first-order valence-electron chi connectivity index (χ1n) is 4.10. The van der Waals surface area contributed by atoms with Gasteiger partial charge in [-0.25, -0.2) is 0 Å². The Morgan fingerprint density at radius 1 is 1.50 bits per heavy atom. The van der Waals surface area contributed by atoms with Gasteiger partial charge in [-0.2, -0.15) is 0 Å². The Morgan fingerprint density at radius 2 is 2.08 bits per heavy atom. The molecule has 3 heteroatoms. The predicted octanol–water partition coefficient (Wildman–Crippen LogP) is 2.79. The molecule has 1 aliphatic carbocycles. The average Bonchev–Trinajstić information content (AvgIpc) is 2.84. The molecule has 0 aromatic rings. The van der Waals surface area contributed by atoms with Gasteiger partial charge in [-0.15, -0.1) is 0 Å². The van der Waals surface area contributed by atoms with Crippen LogP contribution in [0.4, 0.5) is 0 Å². The molecule has 0 radical (unpaired) electrons. The Balaban J connectivity index is 2.71. The summed E-state index contributed by atoms with van der Waals surface area (Å²) in [4.78, 5) is 0. The molecule has 0 amide bonds. The lowest BCUT2D eigenvalue weighted by Gasteiger charge is -2.04. The zero-order valence-electron chi connectivity index (χ0n) is 7.39. The van der Waals surface area contributed by atoms with E-state index in [2.05, 4.69) is 6.92 Å². The molecule has 1 fully saturated rings. The molecular weight excluding hydrogens is 174 g/mol. The van der Waals surface area contributed by atoms with E-state index >= 15 is 0 Å². The van der Waals surface area contributed by atoms with E-state index in [-0.39, 0.29) is 0 Å². The van der Waals surface area contributed by atoms with Crippen LogP contribution in [0.2, 0.25) is 0 Å². The first kappa shape index (κ1) is 9.62. The van der Waals surface area contributed by atoms with Gasteiger partial charge in [-0.1, -0.05) is 17.2 Å². The predicted molar refractivity (Wildman–Crippen MR) is 50.0 cm³/mol. The van der Waals surface area contributed by atoms with Gasteiger partial charge in [0.2, 0.25) is 0 Å². The van der Waals surface area contributed by atoms with Gasteiger partial charge in [0.25, 0.3) is 0 Å². The van der Waals surface area contributed by atoms with Gasteiger partial charge in [0.05, 0.1) is 5.03 Å². The van der Waals surface area contributed by atoms with E-state index in [4.69, 9.17) is 16.8 Å². The van der Waals surface area contributed by atoms with Crippen LogP contribution in [-0.2, 0) is 0 Å². The van der Waals surface area contributed by atoms with E-state index in [1.54, 1.807) is 0 Å². The van der Waals surface area contributed by atoms with E-state index < -0.39 is 0 Å². The molecule has 0 heterocycles. The molecule has 0 aromatic carbocycles. The molecule has 1 aliphatic rings. The van der Waals surface area contributed by atoms with Crippen LogP contribution in [0.5, 0.6) is 0 Å². The quantitative estimate of drug-likeness (QED) is 0.526. The van der Waals surface area contributed by atoms with E-state index in [1.165, 1.54) is 24.6 Å². The van der Waals surface area contributed by atoms with E-state index in [0.717, 1.165) is 11.5 Å². The van der Waals surface area contributed by atoms with Crippen LogP contribution in [0, 0.1) is 5.92 Å². The minimum absolute atomic E-state index is 0.585. The highest BCUT2D eigenvalue weighted by molar-refractivity contribution is 6.31. The lowest BCUT2D eigenvalue weighted by molar-refractivity contribution is 0.214. The van der Waals surface area contributed by atoms with Gasteiger partial charge >= 0.3 is 0 Å². The Hall–Kier alpha value is -0.470. The first-order chi connectivity index (χ1) is 5.66. The van der Waals surface area contributed by atoms with Crippen molar-refractivity contribution in [2.75, 3.05) is 0 Å². The Labute approximate surface area is 77.9 Å². The van der Waals surface area contributed by atoms with Crippen molar-refractivity contribution >= 4 is 11.6 Å². The maximum atomic E-state index is 8.39. The van der Waals surface area contributed by atoms with E-state index in [9.17, 15) is 0 Å². The topological polar surface area (TPSA) is 32.3 Å². The third-order valence-electron chi connectivity index (χ3n) is 2.33. The van der Waals surface area contributed by atoms with Crippen molar-refractivity contribution in [1.29, 1.82) is 0 Å². The lowest BCUT2D eigenvalue weighted by Crippen LogP contribution is -1.97. The van der Waals surface area contributed by atoms with Crippen molar-refractivity contribution in [1.82, 2.24) is 5.48 Å². The summed E-state index contributed by atoms with van der Waals surface area (Å²) in [6.45, 7) is 4.07.